The van der Waals surface area contributed by atoms with Crippen LogP contribution in [0.2, 0.25) is 0 Å². The Morgan fingerprint density at radius 1 is 0.861 bits per heavy atom. The SMILES string of the molecule is O=[N+]([O-])C1=CC([N+](=O)[O-])=C2N=C(c3cc([N+](=O)[O-])cc([N+](=O)[O-])c3)NN2C1c1c[nH]c2ccccc12. The number of non-ortho nitro benzene ring substituents is 2. The van der Waals surface area contributed by atoms with Crippen LogP contribution in [0, 0.1) is 40.5 Å². The molecule has 0 fully saturated rings. The number of allylic oxidation sites excluding steroid dienone is 1. The van der Waals surface area contributed by atoms with Crippen molar-refractivity contribution in [2.75, 3.05) is 0 Å². The highest BCUT2D eigenvalue weighted by Crippen LogP contribution is 2.41. The van der Waals surface area contributed by atoms with Gasteiger partial charge in [-0.15, -0.1) is 0 Å². The summed E-state index contributed by atoms with van der Waals surface area (Å²) in [6.45, 7) is 0. The Hall–Kier alpha value is -5.67. The van der Waals surface area contributed by atoms with Crippen LogP contribution in [0.15, 0.2) is 76.9 Å². The predicted octanol–water partition coefficient (Wildman–Crippen LogP) is 2.91. The monoisotopic (exact) mass is 492 g/mol. The molecule has 0 amide bonds. The highest BCUT2D eigenvalue weighted by molar-refractivity contribution is 6.01. The molecule has 36 heavy (non-hydrogen) atoms. The second kappa shape index (κ2) is 7.97. The maximum absolute atomic E-state index is 12.0. The number of hydrogen-bond donors (Lipinski definition) is 2. The Morgan fingerprint density at radius 2 is 1.53 bits per heavy atom. The average Bonchev–Trinajstić information content (AvgIpc) is 3.47. The van der Waals surface area contributed by atoms with E-state index >= 15 is 0 Å². The molecule has 16 heteroatoms. The number of para-hydroxylation sites is 1. The van der Waals surface area contributed by atoms with Gasteiger partial charge in [-0.2, -0.15) is 0 Å². The smallest absolute Gasteiger partial charge is 0.319 e. The third-order valence-electron chi connectivity index (χ3n) is 5.65. The quantitative estimate of drug-likeness (QED) is 0.378. The first-order valence-electron chi connectivity index (χ1n) is 10.0. The fourth-order valence-corrected chi connectivity index (χ4v) is 4.11. The number of hydrogen-bond acceptors (Lipinski definition) is 11. The largest absolute Gasteiger partial charge is 0.361 e. The van der Waals surface area contributed by atoms with Crippen LogP contribution >= 0.6 is 0 Å². The van der Waals surface area contributed by atoms with Gasteiger partial charge in [0.05, 0.1) is 31.8 Å². The van der Waals surface area contributed by atoms with Crippen LogP contribution < -0.4 is 5.43 Å². The zero-order valence-corrected chi connectivity index (χ0v) is 17.7. The first-order chi connectivity index (χ1) is 17.2. The van der Waals surface area contributed by atoms with Crippen molar-refractivity contribution in [3.8, 4) is 0 Å². The summed E-state index contributed by atoms with van der Waals surface area (Å²) in [5.41, 5.74) is 1.26. The third kappa shape index (κ3) is 3.45. The van der Waals surface area contributed by atoms with Gasteiger partial charge in [0.2, 0.25) is 5.82 Å². The molecule has 180 valence electrons. The minimum atomic E-state index is -1.20. The fourth-order valence-electron chi connectivity index (χ4n) is 4.11. The van der Waals surface area contributed by atoms with Gasteiger partial charge in [0.1, 0.15) is 0 Å². The number of nitro groups is 4. The molecule has 2 N–H and O–H groups in total. The van der Waals surface area contributed by atoms with Crippen molar-refractivity contribution in [2.24, 2.45) is 4.99 Å². The van der Waals surface area contributed by atoms with Crippen LogP contribution in [0.5, 0.6) is 0 Å². The van der Waals surface area contributed by atoms with Crippen LogP contribution in [0.3, 0.4) is 0 Å². The van der Waals surface area contributed by atoms with Crippen LogP contribution in [0.4, 0.5) is 11.4 Å². The molecule has 3 heterocycles. The van der Waals surface area contributed by atoms with E-state index in [2.05, 4.69) is 15.4 Å². The van der Waals surface area contributed by atoms with E-state index in [1.54, 1.807) is 24.3 Å². The Morgan fingerprint density at radius 3 is 2.14 bits per heavy atom. The Bertz CT molecular complexity index is 1570. The second-order valence-electron chi connectivity index (χ2n) is 7.68. The number of amidine groups is 1. The number of nitro benzene ring substituents is 2. The van der Waals surface area contributed by atoms with Gasteiger partial charge in [0.25, 0.3) is 17.1 Å². The molecule has 0 bridgehead atoms. The van der Waals surface area contributed by atoms with E-state index in [-0.39, 0.29) is 17.2 Å². The van der Waals surface area contributed by atoms with E-state index in [9.17, 15) is 40.5 Å². The van der Waals surface area contributed by atoms with Crippen molar-refractivity contribution in [1.82, 2.24) is 15.4 Å². The highest BCUT2D eigenvalue weighted by Gasteiger charge is 2.47. The molecule has 1 atom stereocenters. The second-order valence-corrected chi connectivity index (χ2v) is 7.68. The molecule has 0 saturated heterocycles. The molecule has 5 rings (SSSR count). The molecule has 1 unspecified atom stereocenters. The number of aromatic amines is 1. The van der Waals surface area contributed by atoms with Gasteiger partial charge in [0, 0.05) is 40.4 Å². The van der Waals surface area contributed by atoms with E-state index in [1.807, 2.05) is 0 Å². The van der Waals surface area contributed by atoms with Crippen LogP contribution in [0.25, 0.3) is 10.9 Å². The van der Waals surface area contributed by atoms with Gasteiger partial charge < -0.3 is 4.98 Å². The van der Waals surface area contributed by atoms with Gasteiger partial charge in [-0.1, -0.05) is 18.2 Å². The van der Waals surface area contributed by atoms with Gasteiger partial charge in [-0.25, -0.2) is 10.0 Å². The van der Waals surface area contributed by atoms with Gasteiger partial charge in [0.15, 0.2) is 11.9 Å². The molecule has 2 aliphatic heterocycles. The molecule has 0 aliphatic carbocycles. The number of rotatable bonds is 6. The van der Waals surface area contributed by atoms with Crippen LogP contribution in [-0.4, -0.2) is 35.5 Å². The maximum Gasteiger partial charge on any atom is 0.319 e. The van der Waals surface area contributed by atoms with Crippen LogP contribution in [-0.2, 0) is 0 Å². The number of fused-ring (bicyclic) bond motifs is 2. The number of H-pyrrole nitrogens is 1. The average molecular weight is 492 g/mol. The number of aromatic nitrogens is 1. The summed E-state index contributed by atoms with van der Waals surface area (Å²) in [5, 5.41) is 48.1. The number of nitrogens with one attached hydrogen (secondary N) is 2. The van der Waals surface area contributed by atoms with Crippen molar-refractivity contribution in [3.05, 3.63) is 124 Å². The molecule has 0 spiro atoms. The topological polar surface area (TPSA) is 216 Å². The lowest BCUT2D eigenvalue weighted by Gasteiger charge is -2.29. The van der Waals surface area contributed by atoms with E-state index in [1.165, 1.54) is 6.20 Å². The van der Waals surface area contributed by atoms with E-state index in [0.717, 1.165) is 29.3 Å². The number of hydrazine groups is 1. The molecule has 0 radical (unpaired) electrons. The van der Waals surface area contributed by atoms with E-state index < -0.39 is 48.5 Å². The summed E-state index contributed by atoms with van der Waals surface area (Å²) >= 11 is 0. The van der Waals surface area contributed by atoms with Crippen molar-refractivity contribution in [2.45, 2.75) is 6.04 Å². The Balaban J connectivity index is 1.70. The lowest BCUT2D eigenvalue weighted by molar-refractivity contribution is -0.445. The highest BCUT2D eigenvalue weighted by atomic mass is 16.6. The lowest BCUT2D eigenvalue weighted by atomic mass is 9.99. The first kappa shape index (κ1) is 22.1. The summed E-state index contributed by atoms with van der Waals surface area (Å²) < 4.78 is 0. The summed E-state index contributed by atoms with van der Waals surface area (Å²) in [6.07, 6.45) is 2.33. The number of nitrogens with zero attached hydrogens (tertiary/aromatic N) is 6. The normalized spacial score (nSPS) is 16.8. The number of benzene rings is 2. The minimum absolute atomic E-state index is 0.110. The van der Waals surface area contributed by atoms with E-state index in [0.29, 0.717) is 16.5 Å². The Kier molecular flexibility index (Phi) is 4.90. The van der Waals surface area contributed by atoms with E-state index in [4.69, 9.17) is 0 Å². The first-order valence-corrected chi connectivity index (χ1v) is 10.0. The maximum atomic E-state index is 12.0. The van der Waals surface area contributed by atoms with Crippen molar-refractivity contribution in [3.63, 3.8) is 0 Å². The summed E-state index contributed by atoms with van der Waals surface area (Å²) in [7, 11) is 0. The van der Waals surface area contributed by atoms with Gasteiger partial charge in [-0.3, -0.25) is 45.9 Å². The summed E-state index contributed by atoms with van der Waals surface area (Å²) in [6, 6.07) is 8.51. The van der Waals surface area contributed by atoms with Crippen molar-refractivity contribution >= 4 is 28.1 Å². The fraction of sp³-hybridized carbons (Fsp3) is 0.0500. The Labute approximate surface area is 198 Å². The molecular formula is C20H12N8O8. The molecular weight excluding hydrogens is 480 g/mol. The summed E-state index contributed by atoms with van der Waals surface area (Å²) in [4.78, 5) is 50.3. The molecule has 2 aromatic carbocycles. The van der Waals surface area contributed by atoms with Gasteiger partial charge in [-0.05, 0) is 6.07 Å². The zero-order valence-electron chi connectivity index (χ0n) is 17.7. The van der Waals surface area contributed by atoms with Crippen LogP contribution in [0.1, 0.15) is 17.2 Å². The molecule has 3 aromatic rings. The number of aliphatic imine (C=N–C) groups is 1. The van der Waals surface area contributed by atoms with Crippen molar-refractivity contribution < 1.29 is 19.7 Å². The third-order valence-corrected chi connectivity index (χ3v) is 5.65. The predicted molar refractivity (Wildman–Crippen MR) is 121 cm³/mol. The minimum Gasteiger partial charge on any atom is -0.361 e. The summed E-state index contributed by atoms with van der Waals surface area (Å²) in [5.74, 6) is -0.496. The molecule has 1 aromatic heterocycles. The molecule has 0 saturated carbocycles. The molecule has 2 aliphatic rings. The van der Waals surface area contributed by atoms with Gasteiger partial charge >= 0.3 is 5.70 Å². The standard InChI is InChI=1S/C20H12N8O8/c29-25(30)11-5-10(6-12(7-11)26(31)32)19-22-20-17(28(35)36)8-16(27(33)34)18(24(20)23-19)14-9-21-15-4-2-1-3-13(14)15/h1-9,18,21H,(H,22,23). The molecule has 16 nitrogen and oxygen atoms in total. The van der Waals surface area contributed by atoms with Crippen molar-refractivity contribution in [1.29, 1.82) is 0 Å². The zero-order chi connectivity index (χ0) is 25.7. The lowest BCUT2D eigenvalue weighted by Crippen LogP contribution is -2.42.